The van der Waals surface area contributed by atoms with E-state index < -0.39 is 22.0 Å². The normalized spacial score (nSPS) is 16.6. The maximum atomic E-state index is 13.2. The lowest BCUT2D eigenvalue weighted by Crippen LogP contribution is -2.48. The quantitative estimate of drug-likeness (QED) is 0.769. The highest BCUT2D eigenvalue weighted by Crippen LogP contribution is 2.31. The number of aliphatic carboxylic acids is 1. The molecular weight excluding hydrogens is 386 g/mol. The van der Waals surface area contributed by atoms with Gasteiger partial charge in [0.05, 0.1) is 4.90 Å². The molecule has 3 rings (SSSR count). The van der Waals surface area contributed by atoms with Gasteiger partial charge >= 0.3 is 5.97 Å². The van der Waals surface area contributed by atoms with Gasteiger partial charge in [-0.1, -0.05) is 48.7 Å². The Morgan fingerprint density at radius 3 is 2.00 bits per heavy atom. The van der Waals surface area contributed by atoms with Crippen LogP contribution in [0.1, 0.15) is 32.6 Å². The molecule has 1 aliphatic rings. The summed E-state index contributed by atoms with van der Waals surface area (Å²) in [5.41, 5.74) is 1.79. The predicted molar refractivity (Wildman–Crippen MR) is 105 cm³/mol. The summed E-state index contributed by atoms with van der Waals surface area (Å²) in [4.78, 5) is 11.6. The van der Waals surface area contributed by atoms with E-state index in [-0.39, 0.29) is 10.9 Å². The summed E-state index contributed by atoms with van der Waals surface area (Å²) in [7, 11) is -3.90. The van der Waals surface area contributed by atoms with Crippen LogP contribution >= 0.6 is 11.6 Å². The first kappa shape index (κ1) is 19.9. The van der Waals surface area contributed by atoms with Gasteiger partial charge < -0.3 is 5.11 Å². The molecule has 1 aliphatic carbocycles. The van der Waals surface area contributed by atoms with Gasteiger partial charge in [0.1, 0.15) is 6.04 Å². The van der Waals surface area contributed by atoms with Gasteiger partial charge in [-0.15, -0.1) is 0 Å². The van der Waals surface area contributed by atoms with Crippen molar-refractivity contribution in [3.8, 4) is 11.1 Å². The molecule has 2 aromatic carbocycles. The van der Waals surface area contributed by atoms with Crippen molar-refractivity contribution in [3.63, 3.8) is 0 Å². The summed E-state index contributed by atoms with van der Waals surface area (Å²) in [6.45, 7) is 1.43. The van der Waals surface area contributed by atoms with Crippen LogP contribution in [0.5, 0.6) is 0 Å². The molecule has 0 aromatic heterocycles. The molecule has 5 nitrogen and oxygen atoms in total. The zero-order valence-corrected chi connectivity index (χ0v) is 16.6. The molecule has 0 spiro atoms. The van der Waals surface area contributed by atoms with E-state index in [0.717, 1.165) is 24.0 Å². The summed E-state index contributed by atoms with van der Waals surface area (Å²) < 4.78 is 27.6. The molecule has 1 saturated carbocycles. The van der Waals surface area contributed by atoms with Gasteiger partial charge in [-0.25, -0.2) is 8.42 Å². The fourth-order valence-corrected chi connectivity index (χ4v) is 5.53. The van der Waals surface area contributed by atoms with E-state index in [1.54, 1.807) is 24.3 Å². The lowest BCUT2D eigenvalue weighted by Gasteiger charge is -2.31. The smallest absolute Gasteiger partial charge is 0.321 e. The number of hydrogen-bond acceptors (Lipinski definition) is 3. The van der Waals surface area contributed by atoms with Crippen molar-refractivity contribution in [2.75, 3.05) is 0 Å². The van der Waals surface area contributed by atoms with Crippen LogP contribution in [0.3, 0.4) is 0 Å². The van der Waals surface area contributed by atoms with E-state index in [0.29, 0.717) is 17.9 Å². The topological polar surface area (TPSA) is 74.7 Å². The molecule has 0 heterocycles. The molecular formula is C20H22ClNO4S. The first-order chi connectivity index (χ1) is 12.8. The fraction of sp³-hybridized carbons (Fsp3) is 0.350. The van der Waals surface area contributed by atoms with Crippen molar-refractivity contribution in [1.29, 1.82) is 0 Å². The number of carboxylic acids is 1. The van der Waals surface area contributed by atoms with Gasteiger partial charge in [0.15, 0.2) is 0 Å². The van der Waals surface area contributed by atoms with E-state index in [4.69, 9.17) is 11.6 Å². The van der Waals surface area contributed by atoms with Crippen molar-refractivity contribution < 1.29 is 18.3 Å². The molecule has 144 valence electrons. The maximum Gasteiger partial charge on any atom is 0.321 e. The largest absolute Gasteiger partial charge is 0.480 e. The van der Waals surface area contributed by atoms with Crippen molar-refractivity contribution in [3.05, 3.63) is 53.6 Å². The lowest BCUT2D eigenvalue weighted by molar-refractivity contribution is -0.141. The summed E-state index contributed by atoms with van der Waals surface area (Å²) in [6.07, 6.45) is 3.22. The Morgan fingerprint density at radius 1 is 1.04 bits per heavy atom. The van der Waals surface area contributed by atoms with Gasteiger partial charge in [-0.2, -0.15) is 4.31 Å². The molecule has 7 heteroatoms. The molecule has 27 heavy (non-hydrogen) atoms. The van der Waals surface area contributed by atoms with Crippen molar-refractivity contribution in [2.45, 2.75) is 49.6 Å². The van der Waals surface area contributed by atoms with Gasteiger partial charge in [0.2, 0.25) is 10.0 Å². The molecule has 1 atom stereocenters. The van der Waals surface area contributed by atoms with Gasteiger partial charge in [-0.05, 0) is 55.2 Å². The van der Waals surface area contributed by atoms with Crippen LogP contribution in [0, 0.1) is 0 Å². The van der Waals surface area contributed by atoms with Crippen molar-refractivity contribution >= 4 is 27.6 Å². The number of hydrogen-bond donors (Lipinski definition) is 1. The Labute approximate surface area is 164 Å². The molecule has 0 amide bonds. The summed E-state index contributed by atoms with van der Waals surface area (Å²) in [6, 6.07) is 12.4. The Morgan fingerprint density at radius 2 is 1.52 bits per heavy atom. The highest BCUT2D eigenvalue weighted by atomic mass is 35.5. The highest BCUT2D eigenvalue weighted by Gasteiger charge is 2.39. The molecule has 0 saturated heterocycles. The van der Waals surface area contributed by atoms with Crippen LogP contribution in [0.15, 0.2) is 53.4 Å². The van der Waals surface area contributed by atoms with E-state index >= 15 is 0 Å². The molecule has 2 aromatic rings. The van der Waals surface area contributed by atoms with Crippen LogP contribution in [0.4, 0.5) is 0 Å². The zero-order valence-electron chi connectivity index (χ0n) is 15.0. The number of carbonyl (C=O) groups is 1. The van der Waals surface area contributed by atoms with E-state index in [9.17, 15) is 18.3 Å². The number of sulfonamides is 1. The lowest BCUT2D eigenvalue weighted by atomic mass is 10.1. The second-order valence-corrected chi connectivity index (χ2v) is 9.10. The monoisotopic (exact) mass is 407 g/mol. The Balaban J connectivity index is 1.94. The van der Waals surface area contributed by atoms with E-state index in [1.807, 2.05) is 12.1 Å². The zero-order chi connectivity index (χ0) is 19.6. The fourth-order valence-electron chi connectivity index (χ4n) is 3.57. The number of nitrogens with zero attached hydrogens (tertiary/aromatic N) is 1. The highest BCUT2D eigenvalue weighted by molar-refractivity contribution is 7.89. The first-order valence-electron chi connectivity index (χ1n) is 8.93. The second kappa shape index (κ2) is 8.00. The average molecular weight is 408 g/mol. The number of rotatable bonds is 6. The molecule has 0 radical (unpaired) electrons. The number of halogens is 1. The second-order valence-electron chi connectivity index (χ2n) is 6.82. The number of carboxylic acid groups (broad SMARTS) is 1. The average Bonchev–Trinajstić information content (AvgIpc) is 3.16. The molecule has 0 bridgehead atoms. The minimum absolute atomic E-state index is 0.111. The van der Waals surface area contributed by atoms with Gasteiger partial charge in [-0.3, -0.25) is 4.79 Å². The van der Waals surface area contributed by atoms with E-state index in [2.05, 4.69) is 0 Å². The molecule has 1 N–H and O–H groups in total. The van der Waals surface area contributed by atoms with Crippen LogP contribution in [-0.2, 0) is 14.8 Å². The summed E-state index contributed by atoms with van der Waals surface area (Å²) >= 11 is 5.90. The van der Waals surface area contributed by atoms with Crippen molar-refractivity contribution in [1.82, 2.24) is 4.31 Å². The van der Waals surface area contributed by atoms with Crippen LogP contribution in [-0.4, -0.2) is 35.9 Å². The number of benzene rings is 2. The standard InChI is InChI=1S/C20H22ClNO4S/c1-14(20(23)24)22(18-4-2-3-5-18)27(25,26)19-12-8-16(9-13-19)15-6-10-17(21)11-7-15/h6-14,18H,2-5H2,1H3,(H,23,24). The molecule has 0 aliphatic heterocycles. The maximum absolute atomic E-state index is 13.2. The molecule has 1 fully saturated rings. The molecule has 1 unspecified atom stereocenters. The Kier molecular flexibility index (Phi) is 5.89. The third kappa shape index (κ3) is 4.18. The minimum atomic E-state index is -3.90. The SMILES string of the molecule is CC(C(=O)O)N(C1CCCC1)S(=O)(=O)c1ccc(-c2ccc(Cl)cc2)cc1. The van der Waals surface area contributed by atoms with Crippen molar-refractivity contribution in [2.24, 2.45) is 0 Å². The Bertz CT molecular complexity index is 904. The summed E-state index contributed by atoms with van der Waals surface area (Å²) in [5.74, 6) is -1.14. The summed E-state index contributed by atoms with van der Waals surface area (Å²) in [5, 5.41) is 10.1. The Hall–Kier alpha value is -1.89. The van der Waals surface area contributed by atoms with Crippen LogP contribution < -0.4 is 0 Å². The van der Waals surface area contributed by atoms with Crippen LogP contribution in [0.2, 0.25) is 5.02 Å². The third-order valence-electron chi connectivity index (χ3n) is 5.03. The van der Waals surface area contributed by atoms with Gasteiger partial charge in [0, 0.05) is 11.1 Å². The van der Waals surface area contributed by atoms with Gasteiger partial charge in [0.25, 0.3) is 0 Å². The van der Waals surface area contributed by atoms with E-state index in [1.165, 1.54) is 23.4 Å². The third-order valence-corrected chi connectivity index (χ3v) is 7.32. The van der Waals surface area contributed by atoms with Crippen LogP contribution in [0.25, 0.3) is 11.1 Å². The minimum Gasteiger partial charge on any atom is -0.480 e. The first-order valence-corrected chi connectivity index (χ1v) is 10.7. The predicted octanol–water partition coefficient (Wildman–Crippen LogP) is 4.41.